The van der Waals surface area contributed by atoms with E-state index in [2.05, 4.69) is 20.6 Å². The van der Waals surface area contributed by atoms with Gasteiger partial charge in [0.15, 0.2) is 0 Å². The van der Waals surface area contributed by atoms with Crippen LogP contribution in [0, 0.1) is 5.92 Å². The van der Waals surface area contributed by atoms with Gasteiger partial charge in [-0.15, -0.1) is 0 Å². The molecule has 1 amide bonds. The molecule has 0 radical (unpaired) electrons. The molecule has 0 aliphatic heterocycles. The van der Waals surface area contributed by atoms with Gasteiger partial charge in [-0.05, 0) is 23.8 Å². The van der Waals surface area contributed by atoms with Crippen LogP contribution in [0.15, 0.2) is 42.7 Å². The average Bonchev–Trinajstić information content (AvgIpc) is 2.46. The first-order valence-corrected chi connectivity index (χ1v) is 6.56. The molecule has 2 N–H and O–H groups in total. The predicted molar refractivity (Wildman–Crippen MR) is 79.3 cm³/mol. The summed E-state index contributed by atoms with van der Waals surface area (Å²) in [6, 6.07) is 9.49. The van der Waals surface area contributed by atoms with Gasteiger partial charge in [-0.3, -0.25) is 4.79 Å². The molecule has 1 heterocycles. The van der Waals surface area contributed by atoms with Gasteiger partial charge in [0, 0.05) is 30.5 Å². The number of benzene rings is 1. The number of hydrogen-bond acceptors (Lipinski definition) is 4. The number of carbonyl (C=O) groups excluding carboxylic acids is 1. The third-order valence-electron chi connectivity index (χ3n) is 2.74. The molecular weight excluding hydrogens is 252 g/mol. The summed E-state index contributed by atoms with van der Waals surface area (Å²) in [5, 5.41) is 6.01. The van der Waals surface area contributed by atoms with Crippen molar-refractivity contribution in [1.29, 1.82) is 0 Å². The van der Waals surface area contributed by atoms with Gasteiger partial charge in [-0.2, -0.15) is 0 Å². The van der Waals surface area contributed by atoms with E-state index in [0.717, 1.165) is 11.3 Å². The van der Waals surface area contributed by atoms with Gasteiger partial charge < -0.3 is 10.6 Å². The molecule has 2 rings (SSSR count). The molecule has 0 unspecified atom stereocenters. The van der Waals surface area contributed by atoms with E-state index >= 15 is 0 Å². The summed E-state index contributed by atoms with van der Waals surface area (Å²) in [5.41, 5.74) is 1.86. The molecule has 0 atom stereocenters. The Kier molecular flexibility index (Phi) is 4.65. The van der Waals surface area contributed by atoms with E-state index < -0.39 is 0 Å². The lowest BCUT2D eigenvalue weighted by atomic mass is 10.1. The van der Waals surface area contributed by atoms with Crippen LogP contribution in [0.3, 0.4) is 0 Å². The van der Waals surface area contributed by atoms with E-state index in [1.165, 1.54) is 0 Å². The van der Waals surface area contributed by atoms with Crippen LogP contribution < -0.4 is 10.6 Å². The smallest absolute Gasteiger partial charge is 0.226 e. The molecule has 0 spiro atoms. The summed E-state index contributed by atoms with van der Waals surface area (Å²) < 4.78 is 0. The van der Waals surface area contributed by atoms with Crippen molar-refractivity contribution in [3.05, 3.63) is 48.3 Å². The zero-order valence-corrected chi connectivity index (χ0v) is 11.6. The molecule has 5 heteroatoms. The number of carbonyl (C=O) groups is 1. The lowest BCUT2D eigenvalue weighted by Crippen LogP contribution is -2.17. The summed E-state index contributed by atoms with van der Waals surface area (Å²) >= 11 is 0. The molecule has 0 saturated carbocycles. The fraction of sp³-hybridized carbons (Fsp3) is 0.267. The molecule has 0 aliphatic carbocycles. The van der Waals surface area contributed by atoms with Gasteiger partial charge in [0.05, 0.1) is 0 Å². The quantitative estimate of drug-likeness (QED) is 0.876. The molecule has 0 saturated heterocycles. The largest absolute Gasteiger partial charge is 0.350 e. The van der Waals surface area contributed by atoms with Crippen LogP contribution in [-0.2, 0) is 11.3 Å². The summed E-state index contributed by atoms with van der Waals surface area (Å²) in [6.45, 7) is 4.34. The monoisotopic (exact) mass is 270 g/mol. The van der Waals surface area contributed by atoms with Crippen molar-refractivity contribution in [2.75, 3.05) is 10.6 Å². The van der Waals surface area contributed by atoms with Crippen molar-refractivity contribution in [2.24, 2.45) is 5.92 Å². The van der Waals surface area contributed by atoms with Crippen molar-refractivity contribution in [3.63, 3.8) is 0 Å². The van der Waals surface area contributed by atoms with E-state index in [1.54, 1.807) is 18.5 Å². The minimum absolute atomic E-state index is 0.0153. The molecule has 104 valence electrons. The molecular formula is C15H18N4O. The second-order valence-corrected chi connectivity index (χ2v) is 4.77. The van der Waals surface area contributed by atoms with E-state index in [-0.39, 0.29) is 11.8 Å². The number of rotatable bonds is 5. The van der Waals surface area contributed by atoms with Gasteiger partial charge in [0.1, 0.15) is 0 Å². The lowest BCUT2D eigenvalue weighted by Gasteiger charge is -2.10. The Morgan fingerprint density at radius 2 is 1.95 bits per heavy atom. The minimum Gasteiger partial charge on any atom is -0.350 e. The first-order valence-electron chi connectivity index (χ1n) is 6.56. The van der Waals surface area contributed by atoms with Gasteiger partial charge in [-0.1, -0.05) is 26.0 Å². The standard InChI is InChI=1S/C15H18N4O/c1-11(2)14(20)19-13-6-3-5-12(9-13)10-18-15-16-7-4-8-17-15/h3-9,11H,10H2,1-2H3,(H,19,20)(H,16,17,18). The second kappa shape index (κ2) is 6.65. The fourth-order valence-electron chi connectivity index (χ4n) is 1.62. The second-order valence-electron chi connectivity index (χ2n) is 4.77. The van der Waals surface area contributed by atoms with Crippen molar-refractivity contribution in [1.82, 2.24) is 9.97 Å². The van der Waals surface area contributed by atoms with Crippen LogP contribution in [0.25, 0.3) is 0 Å². The molecule has 0 aliphatic rings. The Labute approximate surface area is 118 Å². The third kappa shape index (κ3) is 4.05. The Morgan fingerprint density at radius 3 is 2.65 bits per heavy atom. The van der Waals surface area contributed by atoms with Gasteiger partial charge in [-0.25, -0.2) is 9.97 Å². The lowest BCUT2D eigenvalue weighted by molar-refractivity contribution is -0.118. The highest BCUT2D eigenvalue weighted by molar-refractivity contribution is 5.92. The van der Waals surface area contributed by atoms with E-state index in [4.69, 9.17) is 0 Å². The molecule has 0 bridgehead atoms. The van der Waals surface area contributed by atoms with Gasteiger partial charge in [0.2, 0.25) is 11.9 Å². The van der Waals surface area contributed by atoms with Crippen molar-refractivity contribution in [3.8, 4) is 0 Å². The summed E-state index contributed by atoms with van der Waals surface area (Å²) in [4.78, 5) is 19.8. The highest BCUT2D eigenvalue weighted by atomic mass is 16.1. The van der Waals surface area contributed by atoms with Gasteiger partial charge >= 0.3 is 0 Å². The normalized spacial score (nSPS) is 10.3. The van der Waals surface area contributed by atoms with Gasteiger partial charge in [0.25, 0.3) is 0 Å². The molecule has 20 heavy (non-hydrogen) atoms. The fourth-order valence-corrected chi connectivity index (χ4v) is 1.62. The summed E-state index contributed by atoms with van der Waals surface area (Å²) in [5.74, 6) is 0.570. The zero-order valence-electron chi connectivity index (χ0n) is 11.6. The Morgan fingerprint density at radius 1 is 1.20 bits per heavy atom. The molecule has 1 aromatic heterocycles. The maximum Gasteiger partial charge on any atom is 0.226 e. The summed E-state index contributed by atoms with van der Waals surface area (Å²) in [7, 11) is 0. The van der Waals surface area contributed by atoms with E-state index in [9.17, 15) is 4.79 Å². The van der Waals surface area contributed by atoms with Crippen LogP contribution in [0.5, 0.6) is 0 Å². The van der Waals surface area contributed by atoms with Crippen LogP contribution in [0.4, 0.5) is 11.6 Å². The Hall–Kier alpha value is -2.43. The molecule has 1 aromatic carbocycles. The number of aromatic nitrogens is 2. The van der Waals surface area contributed by atoms with Crippen LogP contribution in [-0.4, -0.2) is 15.9 Å². The summed E-state index contributed by atoms with van der Waals surface area (Å²) in [6.07, 6.45) is 3.38. The van der Waals surface area contributed by atoms with Crippen LogP contribution in [0.1, 0.15) is 19.4 Å². The maximum absolute atomic E-state index is 11.7. The number of nitrogens with zero attached hydrogens (tertiary/aromatic N) is 2. The highest BCUT2D eigenvalue weighted by Gasteiger charge is 2.07. The predicted octanol–water partition coefficient (Wildman–Crippen LogP) is 2.68. The number of nitrogens with one attached hydrogen (secondary N) is 2. The Balaban J connectivity index is 1.97. The first-order chi connectivity index (χ1) is 9.65. The van der Waals surface area contributed by atoms with Crippen LogP contribution in [0.2, 0.25) is 0 Å². The van der Waals surface area contributed by atoms with E-state index in [0.29, 0.717) is 12.5 Å². The molecule has 2 aromatic rings. The van der Waals surface area contributed by atoms with Crippen molar-refractivity contribution in [2.45, 2.75) is 20.4 Å². The third-order valence-corrected chi connectivity index (χ3v) is 2.74. The molecule has 0 fully saturated rings. The average molecular weight is 270 g/mol. The number of hydrogen-bond donors (Lipinski definition) is 2. The van der Waals surface area contributed by atoms with E-state index in [1.807, 2.05) is 38.1 Å². The number of amides is 1. The van der Waals surface area contributed by atoms with Crippen molar-refractivity contribution >= 4 is 17.5 Å². The topological polar surface area (TPSA) is 66.9 Å². The number of anilines is 2. The maximum atomic E-state index is 11.7. The SMILES string of the molecule is CC(C)C(=O)Nc1cccc(CNc2ncccn2)c1. The zero-order chi connectivity index (χ0) is 14.4. The Bertz CT molecular complexity index is 569. The first kappa shape index (κ1) is 14.0. The van der Waals surface area contributed by atoms with Crippen molar-refractivity contribution < 1.29 is 4.79 Å². The minimum atomic E-state index is -0.0329. The molecule has 5 nitrogen and oxygen atoms in total. The van der Waals surface area contributed by atoms with Crippen LogP contribution >= 0.6 is 0 Å². The highest BCUT2D eigenvalue weighted by Crippen LogP contribution is 2.13.